The summed E-state index contributed by atoms with van der Waals surface area (Å²) in [5.41, 5.74) is 0. The number of nitrogens with zero attached hydrogens (tertiary/aromatic N) is 1. The second-order valence-electron chi connectivity index (χ2n) is 19.9. The number of hydrogen-bond acceptors (Lipinski definition) is 7. The van der Waals surface area contributed by atoms with Crippen LogP contribution in [-0.2, 0) is 33.3 Å². The summed E-state index contributed by atoms with van der Waals surface area (Å²) in [4.78, 5) is 37.2. The number of allylic oxidation sites excluding steroid dienone is 8. The maximum atomic E-state index is 12.8. The van der Waals surface area contributed by atoms with Crippen molar-refractivity contribution in [1.82, 2.24) is 0 Å². The first-order valence-electron chi connectivity index (χ1n) is 27.8. The largest absolute Gasteiger partial charge is 0.477 e. The second kappa shape index (κ2) is 49.7. The lowest BCUT2D eigenvalue weighted by atomic mass is 10.0. The zero-order chi connectivity index (χ0) is 49.2. The molecule has 2 atom stereocenters. The summed E-state index contributed by atoms with van der Waals surface area (Å²) in [6.45, 7) is 4.82. The zero-order valence-corrected chi connectivity index (χ0v) is 44.3. The number of carbonyl (C=O) groups is 3. The van der Waals surface area contributed by atoms with E-state index in [9.17, 15) is 19.5 Å². The van der Waals surface area contributed by atoms with Crippen molar-refractivity contribution in [2.24, 2.45) is 0 Å². The predicted octanol–water partition coefficient (Wildman–Crippen LogP) is 15.9. The van der Waals surface area contributed by atoms with E-state index < -0.39 is 24.3 Å². The first-order chi connectivity index (χ1) is 32.6. The molecule has 0 saturated carbocycles. The molecule has 1 N–H and O–H groups in total. The smallest absolute Gasteiger partial charge is 0.361 e. The van der Waals surface area contributed by atoms with Crippen molar-refractivity contribution in [3.05, 3.63) is 48.6 Å². The fraction of sp³-hybridized carbons (Fsp3) is 0.810. The highest BCUT2D eigenvalue weighted by atomic mass is 16.7. The standard InChI is InChI=1S/C58H105NO8/c1-6-8-10-12-14-16-18-19-20-21-22-23-24-25-26-27-28-29-30-31-32-33-34-35-36-37-39-41-43-45-47-49-56(61)67-54(53-66-58(57(62)63)64-51-50-59(3,4)5)52-65-55(60)48-46-44-42-40-38-17-15-13-11-9-7-2/h13,15,18-19,21-22,24-25,54,58H,6-12,14,16-17,20,23,26-53H2,1-5H3/p+1/b15-13-,19-18-,22-21-,25-24-. The highest BCUT2D eigenvalue weighted by molar-refractivity contribution is 5.71. The molecule has 9 nitrogen and oxygen atoms in total. The molecule has 0 aromatic carbocycles. The molecule has 0 amide bonds. The first-order valence-corrected chi connectivity index (χ1v) is 27.8. The van der Waals surface area contributed by atoms with Gasteiger partial charge in [-0.3, -0.25) is 9.59 Å². The van der Waals surface area contributed by atoms with Crippen LogP contribution < -0.4 is 0 Å². The number of carbonyl (C=O) groups excluding carboxylic acids is 2. The predicted molar refractivity (Wildman–Crippen MR) is 281 cm³/mol. The number of quaternary nitrogens is 1. The summed E-state index contributed by atoms with van der Waals surface area (Å²) in [5, 5.41) is 9.66. The topological polar surface area (TPSA) is 108 Å². The summed E-state index contributed by atoms with van der Waals surface area (Å²) in [6, 6.07) is 0. The third-order valence-electron chi connectivity index (χ3n) is 12.1. The van der Waals surface area contributed by atoms with E-state index >= 15 is 0 Å². The molecule has 0 fully saturated rings. The van der Waals surface area contributed by atoms with E-state index in [4.69, 9.17) is 18.9 Å². The van der Waals surface area contributed by atoms with Gasteiger partial charge < -0.3 is 28.5 Å². The summed E-state index contributed by atoms with van der Waals surface area (Å²) >= 11 is 0. The molecule has 0 aromatic rings. The van der Waals surface area contributed by atoms with Crippen LogP contribution in [0.4, 0.5) is 0 Å². The zero-order valence-electron chi connectivity index (χ0n) is 44.3. The molecule has 2 unspecified atom stereocenters. The van der Waals surface area contributed by atoms with Crippen molar-refractivity contribution in [2.45, 2.75) is 257 Å². The summed E-state index contributed by atoms with van der Waals surface area (Å²) in [7, 11) is 5.96. The lowest BCUT2D eigenvalue weighted by Gasteiger charge is -2.25. The van der Waals surface area contributed by atoms with E-state index in [2.05, 4.69) is 62.5 Å². The summed E-state index contributed by atoms with van der Waals surface area (Å²) < 4.78 is 22.8. The van der Waals surface area contributed by atoms with Gasteiger partial charge in [0.1, 0.15) is 13.2 Å². The van der Waals surface area contributed by atoms with Gasteiger partial charge in [-0.05, 0) is 70.6 Å². The average Bonchev–Trinajstić information content (AvgIpc) is 3.29. The van der Waals surface area contributed by atoms with Crippen LogP contribution in [0, 0.1) is 0 Å². The second-order valence-corrected chi connectivity index (χ2v) is 19.9. The Kier molecular flexibility index (Phi) is 47.6. The minimum absolute atomic E-state index is 0.185. The molecule has 0 saturated heterocycles. The van der Waals surface area contributed by atoms with Crippen molar-refractivity contribution in [1.29, 1.82) is 0 Å². The molecule has 0 heterocycles. The number of esters is 2. The van der Waals surface area contributed by atoms with Crippen LogP contribution in [-0.4, -0.2) is 87.4 Å². The van der Waals surface area contributed by atoms with E-state index in [1.807, 2.05) is 21.1 Å². The number of likely N-dealkylation sites (N-methyl/N-ethyl adjacent to an activating group) is 1. The van der Waals surface area contributed by atoms with Crippen molar-refractivity contribution in [3.8, 4) is 0 Å². The van der Waals surface area contributed by atoms with Gasteiger partial charge in [0.05, 0.1) is 34.4 Å². The Morgan fingerprint density at radius 3 is 1.25 bits per heavy atom. The Bertz CT molecular complexity index is 1240. The molecule has 0 rings (SSSR count). The number of unbranched alkanes of at least 4 members (excludes halogenated alkanes) is 28. The van der Waals surface area contributed by atoms with Gasteiger partial charge in [-0.25, -0.2) is 4.79 Å². The Morgan fingerprint density at radius 1 is 0.448 bits per heavy atom. The number of rotatable bonds is 51. The first kappa shape index (κ1) is 64.2. The Morgan fingerprint density at radius 2 is 0.821 bits per heavy atom. The highest BCUT2D eigenvalue weighted by Gasteiger charge is 2.25. The molecule has 0 aliphatic carbocycles. The highest BCUT2D eigenvalue weighted by Crippen LogP contribution is 2.16. The van der Waals surface area contributed by atoms with Crippen LogP contribution in [0.2, 0.25) is 0 Å². The SMILES string of the molecule is CCCC/C=C\CCCCCCCC(=O)OCC(COC(OCC[N+](C)(C)C)C(=O)O)OC(=O)CCCCCCCCCCCCCCCCCC/C=C\C/C=C\C/C=C\CCCCCCC. The fourth-order valence-electron chi connectivity index (χ4n) is 7.71. The van der Waals surface area contributed by atoms with Crippen LogP contribution in [0.15, 0.2) is 48.6 Å². The molecule has 0 aromatic heterocycles. The van der Waals surface area contributed by atoms with E-state index in [0.29, 0.717) is 17.4 Å². The minimum Gasteiger partial charge on any atom is -0.477 e. The van der Waals surface area contributed by atoms with E-state index in [0.717, 1.165) is 77.0 Å². The van der Waals surface area contributed by atoms with E-state index in [-0.39, 0.29) is 32.2 Å². The maximum Gasteiger partial charge on any atom is 0.361 e. The number of ether oxygens (including phenoxy) is 4. The molecule has 0 aliphatic rings. The normalized spacial score (nSPS) is 13.1. The van der Waals surface area contributed by atoms with Gasteiger partial charge in [0.15, 0.2) is 6.10 Å². The number of aliphatic carboxylic acids is 1. The van der Waals surface area contributed by atoms with Gasteiger partial charge in [0.2, 0.25) is 0 Å². The fourth-order valence-corrected chi connectivity index (χ4v) is 7.71. The van der Waals surface area contributed by atoms with Gasteiger partial charge in [-0.1, -0.05) is 210 Å². The number of carboxylic acid groups (broad SMARTS) is 1. The molecular weight excluding hydrogens is 839 g/mol. The monoisotopic (exact) mass is 945 g/mol. The third-order valence-corrected chi connectivity index (χ3v) is 12.1. The van der Waals surface area contributed by atoms with E-state index in [1.165, 1.54) is 141 Å². The van der Waals surface area contributed by atoms with Crippen molar-refractivity contribution >= 4 is 17.9 Å². The molecule has 9 heteroatoms. The van der Waals surface area contributed by atoms with Gasteiger partial charge in [0, 0.05) is 12.8 Å². The van der Waals surface area contributed by atoms with Crippen LogP contribution >= 0.6 is 0 Å². The Labute approximate surface area is 412 Å². The summed E-state index contributed by atoms with van der Waals surface area (Å²) in [5.74, 6) is -2.01. The molecule has 67 heavy (non-hydrogen) atoms. The number of hydrogen-bond donors (Lipinski definition) is 1. The van der Waals surface area contributed by atoms with Gasteiger partial charge >= 0.3 is 17.9 Å². The minimum atomic E-state index is -1.51. The summed E-state index contributed by atoms with van der Waals surface area (Å²) in [6.07, 6.45) is 57.7. The Balaban J connectivity index is 4.10. The van der Waals surface area contributed by atoms with Crippen LogP contribution in [0.25, 0.3) is 0 Å². The van der Waals surface area contributed by atoms with E-state index in [1.54, 1.807) is 0 Å². The lowest BCUT2D eigenvalue weighted by Crippen LogP contribution is -2.40. The van der Waals surface area contributed by atoms with Crippen LogP contribution in [0.1, 0.15) is 245 Å². The average molecular weight is 945 g/mol. The Hall–Kier alpha value is -2.75. The number of carboxylic acids is 1. The molecular formula is C58H106NO8+. The third kappa shape index (κ3) is 50.9. The van der Waals surface area contributed by atoms with Gasteiger partial charge in [-0.2, -0.15) is 0 Å². The van der Waals surface area contributed by atoms with Crippen LogP contribution in [0.3, 0.4) is 0 Å². The maximum absolute atomic E-state index is 12.8. The molecule has 0 aliphatic heterocycles. The molecule has 0 bridgehead atoms. The molecule has 0 spiro atoms. The van der Waals surface area contributed by atoms with Gasteiger partial charge in [-0.15, -0.1) is 0 Å². The molecule has 390 valence electrons. The van der Waals surface area contributed by atoms with Crippen molar-refractivity contribution in [2.75, 3.05) is 47.5 Å². The van der Waals surface area contributed by atoms with Crippen molar-refractivity contribution < 1.29 is 42.9 Å². The van der Waals surface area contributed by atoms with Gasteiger partial charge in [0.25, 0.3) is 6.29 Å². The molecule has 0 radical (unpaired) electrons. The lowest BCUT2D eigenvalue weighted by molar-refractivity contribution is -0.870. The van der Waals surface area contributed by atoms with Crippen molar-refractivity contribution in [3.63, 3.8) is 0 Å². The quantitative estimate of drug-likeness (QED) is 0.0211. The van der Waals surface area contributed by atoms with Crippen LogP contribution in [0.5, 0.6) is 0 Å².